The first-order valence-electron chi connectivity index (χ1n) is 9.49. The number of nitrogens with zero attached hydrogens (tertiary/aromatic N) is 1. The molecule has 2 heterocycles. The van der Waals surface area contributed by atoms with E-state index in [1.54, 1.807) is 42.5 Å². The molecule has 1 N–H and O–H groups in total. The Morgan fingerprint density at radius 2 is 1.78 bits per heavy atom. The van der Waals surface area contributed by atoms with Crippen LogP contribution >= 0.6 is 22.9 Å². The molecular weight excluding hydrogens is 472 g/mol. The number of H-pyrrole nitrogens is 1. The second kappa shape index (κ2) is 8.50. The van der Waals surface area contributed by atoms with E-state index in [0.29, 0.717) is 26.5 Å². The summed E-state index contributed by atoms with van der Waals surface area (Å²) in [5.41, 5.74) is 1.27. The number of aromatic nitrogens is 2. The van der Waals surface area contributed by atoms with E-state index >= 15 is 0 Å². The van der Waals surface area contributed by atoms with Gasteiger partial charge in [0.1, 0.15) is 9.96 Å². The zero-order valence-electron chi connectivity index (χ0n) is 16.8. The molecule has 0 amide bonds. The van der Waals surface area contributed by atoms with Crippen molar-refractivity contribution in [1.29, 1.82) is 0 Å². The number of thiophene rings is 1. The average Bonchev–Trinajstić information content (AvgIpc) is 3.16. The van der Waals surface area contributed by atoms with E-state index in [-0.39, 0.29) is 10.6 Å². The molecule has 0 aliphatic carbocycles. The Bertz CT molecular complexity index is 1560. The summed E-state index contributed by atoms with van der Waals surface area (Å²) in [5.74, 6) is -1.10. The summed E-state index contributed by atoms with van der Waals surface area (Å²) >= 11 is 6.69. The van der Waals surface area contributed by atoms with E-state index in [9.17, 15) is 22.8 Å². The van der Waals surface area contributed by atoms with Crippen molar-refractivity contribution in [3.05, 3.63) is 90.9 Å². The summed E-state index contributed by atoms with van der Waals surface area (Å²) in [4.78, 5) is 40.4. The minimum Gasteiger partial charge on any atom is -0.306 e. The van der Waals surface area contributed by atoms with Crippen molar-refractivity contribution in [2.45, 2.75) is 17.6 Å². The molecule has 2 aromatic heterocycles. The van der Waals surface area contributed by atoms with E-state index in [2.05, 4.69) is 4.98 Å². The van der Waals surface area contributed by atoms with Crippen LogP contribution in [0.2, 0.25) is 4.34 Å². The molecule has 0 fully saturated rings. The fourth-order valence-corrected chi connectivity index (χ4v) is 6.17. The van der Waals surface area contributed by atoms with E-state index < -0.39 is 32.6 Å². The van der Waals surface area contributed by atoms with Crippen LogP contribution in [-0.2, 0) is 21.1 Å². The number of fused-ring (bicyclic) bond motifs is 1. The summed E-state index contributed by atoms with van der Waals surface area (Å²) in [6.45, 7) is 1.87. The van der Waals surface area contributed by atoms with Crippen molar-refractivity contribution < 1.29 is 13.2 Å². The SMILES string of the molecule is Cc1ccc2c(=O)n(-c3ccc(CC(=O)CS(=O)(=O)c4ccc(Cl)s4)cc3)c(=O)[nH]c2c1. The lowest BCUT2D eigenvalue weighted by atomic mass is 10.1. The van der Waals surface area contributed by atoms with E-state index in [0.717, 1.165) is 21.5 Å². The predicted octanol–water partition coefficient (Wildman–Crippen LogP) is 3.29. The Labute approximate surface area is 191 Å². The van der Waals surface area contributed by atoms with E-state index in [1.165, 1.54) is 12.1 Å². The van der Waals surface area contributed by atoms with Crippen molar-refractivity contribution in [3.63, 3.8) is 0 Å². The van der Waals surface area contributed by atoms with Crippen LogP contribution in [0, 0.1) is 6.92 Å². The molecule has 32 heavy (non-hydrogen) atoms. The van der Waals surface area contributed by atoms with Crippen molar-refractivity contribution in [3.8, 4) is 5.69 Å². The third-order valence-corrected chi connectivity index (χ3v) is 8.34. The maximum atomic E-state index is 12.8. The Morgan fingerprint density at radius 3 is 2.44 bits per heavy atom. The third-order valence-electron chi connectivity index (χ3n) is 4.86. The molecule has 0 unspecified atom stereocenters. The van der Waals surface area contributed by atoms with Crippen LogP contribution in [0.5, 0.6) is 0 Å². The van der Waals surface area contributed by atoms with Crippen LogP contribution in [0.1, 0.15) is 11.1 Å². The van der Waals surface area contributed by atoms with Gasteiger partial charge < -0.3 is 4.98 Å². The average molecular weight is 489 g/mol. The van der Waals surface area contributed by atoms with Gasteiger partial charge in [-0.25, -0.2) is 17.8 Å². The monoisotopic (exact) mass is 488 g/mol. The van der Waals surface area contributed by atoms with Crippen LogP contribution in [0.4, 0.5) is 0 Å². The summed E-state index contributed by atoms with van der Waals surface area (Å²) in [6, 6.07) is 14.3. The van der Waals surface area contributed by atoms with Crippen LogP contribution in [0.15, 0.2) is 68.4 Å². The maximum Gasteiger partial charge on any atom is 0.333 e. The maximum absolute atomic E-state index is 12.8. The molecule has 0 aliphatic heterocycles. The van der Waals surface area contributed by atoms with Crippen molar-refractivity contribution in [2.24, 2.45) is 0 Å². The van der Waals surface area contributed by atoms with Crippen molar-refractivity contribution >= 4 is 49.5 Å². The molecule has 0 radical (unpaired) electrons. The highest BCUT2D eigenvalue weighted by Crippen LogP contribution is 2.26. The van der Waals surface area contributed by atoms with Gasteiger partial charge in [0.05, 0.1) is 20.9 Å². The van der Waals surface area contributed by atoms with Gasteiger partial charge in [-0.1, -0.05) is 29.8 Å². The van der Waals surface area contributed by atoms with Gasteiger partial charge in [-0.15, -0.1) is 11.3 Å². The van der Waals surface area contributed by atoms with Gasteiger partial charge in [0.25, 0.3) is 5.56 Å². The third kappa shape index (κ3) is 4.45. The molecule has 4 rings (SSSR count). The number of sulfone groups is 1. The molecule has 0 aliphatic rings. The first-order valence-corrected chi connectivity index (χ1v) is 12.3. The van der Waals surface area contributed by atoms with Gasteiger partial charge in [0, 0.05) is 6.42 Å². The quantitative estimate of drug-likeness (QED) is 0.448. The van der Waals surface area contributed by atoms with Gasteiger partial charge in [-0.05, 0) is 54.4 Å². The fourth-order valence-electron chi connectivity index (χ4n) is 3.36. The van der Waals surface area contributed by atoms with Crippen LogP contribution in [0.3, 0.4) is 0 Å². The summed E-state index contributed by atoms with van der Waals surface area (Å²) in [5, 5.41) is 0.383. The number of carbonyl (C=O) groups excluding carboxylic acids is 1. The molecule has 2 aromatic carbocycles. The topological polar surface area (TPSA) is 106 Å². The van der Waals surface area contributed by atoms with Gasteiger partial charge in [0.2, 0.25) is 0 Å². The summed E-state index contributed by atoms with van der Waals surface area (Å²) < 4.78 is 26.1. The summed E-state index contributed by atoms with van der Waals surface area (Å²) in [6.07, 6.45) is -0.0964. The number of hydrogen-bond donors (Lipinski definition) is 1. The van der Waals surface area contributed by atoms with Crippen LogP contribution < -0.4 is 11.2 Å². The molecule has 0 saturated heterocycles. The first-order chi connectivity index (χ1) is 15.1. The lowest BCUT2D eigenvalue weighted by molar-refractivity contribution is -0.116. The number of rotatable bonds is 6. The molecule has 4 aromatic rings. The van der Waals surface area contributed by atoms with Gasteiger partial charge in [-0.3, -0.25) is 9.59 Å². The normalized spacial score (nSPS) is 11.7. The van der Waals surface area contributed by atoms with Gasteiger partial charge in [-0.2, -0.15) is 0 Å². The van der Waals surface area contributed by atoms with Crippen LogP contribution in [-0.4, -0.2) is 29.5 Å². The number of ketones is 1. The lowest BCUT2D eigenvalue weighted by Crippen LogP contribution is -2.33. The Balaban J connectivity index is 1.56. The Hall–Kier alpha value is -3.01. The van der Waals surface area contributed by atoms with Gasteiger partial charge in [0.15, 0.2) is 15.6 Å². The van der Waals surface area contributed by atoms with E-state index in [4.69, 9.17) is 11.6 Å². The van der Waals surface area contributed by atoms with E-state index in [1.807, 2.05) is 6.92 Å². The number of Topliss-reactive ketones (excluding diaryl/α,β-unsaturated/α-hetero) is 1. The number of hydrogen-bond acceptors (Lipinski definition) is 6. The molecule has 0 atom stereocenters. The Kier molecular flexibility index (Phi) is 5.89. The highest BCUT2D eigenvalue weighted by Gasteiger charge is 2.21. The van der Waals surface area contributed by atoms with Gasteiger partial charge >= 0.3 is 5.69 Å². The van der Waals surface area contributed by atoms with Crippen molar-refractivity contribution in [1.82, 2.24) is 9.55 Å². The largest absolute Gasteiger partial charge is 0.333 e. The fraction of sp³-hybridized carbons (Fsp3) is 0.136. The molecule has 7 nitrogen and oxygen atoms in total. The Morgan fingerprint density at radius 1 is 1.06 bits per heavy atom. The van der Waals surface area contributed by atoms with Crippen molar-refractivity contribution in [2.75, 3.05) is 5.75 Å². The molecule has 164 valence electrons. The number of halogens is 1. The standard InChI is InChI=1S/C22H17ClN2O5S2/c1-13-2-7-17-18(10-13)24-22(28)25(21(17)27)15-5-3-14(4-6-15)11-16(26)12-32(29,30)20-9-8-19(23)31-20/h2-10H,11-12H2,1H3,(H,24,28). The minimum absolute atomic E-state index is 0.0521. The molecule has 0 bridgehead atoms. The number of aryl methyl sites for hydroxylation is 1. The molecule has 0 saturated carbocycles. The lowest BCUT2D eigenvalue weighted by Gasteiger charge is -2.08. The first kappa shape index (κ1) is 22.2. The second-order valence-electron chi connectivity index (χ2n) is 7.32. The molecule has 0 spiro atoms. The predicted molar refractivity (Wildman–Crippen MR) is 125 cm³/mol. The highest BCUT2D eigenvalue weighted by molar-refractivity contribution is 7.94. The number of benzene rings is 2. The second-order valence-corrected chi connectivity index (χ2v) is 11.3. The molecular formula is C22H17ClN2O5S2. The zero-order valence-corrected chi connectivity index (χ0v) is 19.2. The highest BCUT2D eigenvalue weighted by atomic mass is 35.5. The zero-order chi connectivity index (χ0) is 23.0. The number of nitrogens with one attached hydrogen (secondary N) is 1. The molecule has 10 heteroatoms. The summed E-state index contributed by atoms with van der Waals surface area (Å²) in [7, 11) is -3.75. The smallest absolute Gasteiger partial charge is 0.306 e. The number of aromatic amines is 1. The minimum atomic E-state index is -3.75. The van der Waals surface area contributed by atoms with Crippen LogP contribution in [0.25, 0.3) is 16.6 Å². The number of carbonyl (C=O) groups is 1.